The van der Waals surface area contributed by atoms with E-state index in [0.29, 0.717) is 0 Å². The Hall–Kier alpha value is -6.52. The highest BCUT2D eigenvalue weighted by atomic mass is 15.2. The second-order valence-electron chi connectivity index (χ2n) is 14.0. The zero-order valence-corrected chi connectivity index (χ0v) is 29.8. The van der Waals surface area contributed by atoms with Gasteiger partial charge in [-0.1, -0.05) is 60.7 Å². The zero-order chi connectivity index (χ0) is 35.3. The van der Waals surface area contributed by atoms with Crippen LogP contribution in [0.2, 0.25) is 0 Å². The van der Waals surface area contributed by atoms with Crippen molar-refractivity contribution in [3.8, 4) is 0 Å². The molecular formula is C48H38N4. The fourth-order valence-electron chi connectivity index (χ4n) is 7.60. The molecule has 0 atom stereocenters. The van der Waals surface area contributed by atoms with Crippen LogP contribution in [0.25, 0.3) is 43.4 Å². The van der Waals surface area contributed by atoms with Crippen molar-refractivity contribution in [2.75, 3.05) is 9.80 Å². The molecule has 0 unspecified atom stereocenters. The van der Waals surface area contributed by atoms with Crippen LogP contribution in [0.5, 0.6) is 0 Å². The predicted molar refractivity (Wildman–Crippen MR) is 220 cm³/mol. The van der Waals surface area contributed by atoms with E-state index < -0.39 is 0 Å². The first kappa shape index (κ1) is 31.5. The van der Waals surface area contributed by atoms with Crippen molar-refractivity contribution < 1.29 is 0 Å². The second kappa shape index (κ2) is 12.7. The minimum atomic E-state index is 0.891. The summed E-state index contributed by atoms with van der Waals surface area (Å²) in [5, 5.41) is 6.97. The third kappa shape index (κ3) is 5.88. The molecule has 0 N–H and O–H groups in total. The van der Waals surface area contributed by atoms with Gasteiger partial charge in [-0.25, -0.2) is 9.97 Å². The summed E-state index contributed by atoms with van der Waals surface area (Å²) in [4.78, 5) is 14.8. The lowest BCUT2D eigenvalue weighted by Gasteiger charge is -2.26. The van der Waals surface area contributed by atoms with E-state index in [-0.39, 0.29) is 0 Å². The third-order valence-corrected chi connectivity index (χ3v) is 9.83. The Morgan fingerprint density at radius 3 is 1.12 bits per heavy atom. The largest absolute Gasteiger partial charge is 0.295 e. The Balaban J connectivity index is 1.17. The van der Waals surface area contributed by atoms with Crippen molar-refractivity contribution in [3.05, 3.63) is 180 Å². The van der Waals surface area contributed by atoms with Gasteiger partial charge in [0.15, 0.2) is 0 Å². The molecular weight excluding hydrogens is 633 g/mol. The molecule has 52 heavy (non-hydrogen) atoms. The van der Waals surface area contributed by atoms with E-state index >= 15 is 0 Å². The molecule has 9 aromatic rings. The summed E-state index contributed by atoms with van der Waals surface area (Å²) in [5.74, 6) is 1.78. The maximum atomic E-state index is 5.14. The van der Waals surface area contributed by atoms with Crippen LogP contribution in [0.1, 0.15) is 22.3 Å². The van der Waals surface area contributed by atoms with Gasteiger partial charge in [0.05, 0.1) is 11.0 Å². The van der Waals surface area contributed by atoms with E-state index in [0.717, 1.165) is 56.2 Å². The number of rotatable bonds is 6. The summed E-state index contributed by atoms with van der Waals surface area (Å²) in [6.45, 7) is 8.61. The van der Waals surface area contributed by atoms with Gasteiger partial charge in [-0.3, -0.25) is 9.80 Å². The van der Waals surface area contributed by atoms with Crippen molar-refractivity contribution in [1.82, 2.24) is 9.97 Å². The first-order valence-corrected chi connectivity index (χ1v) is 17.8. The number of nitrogens with zero attached hydrogens (tertiary/aromatic N) is 4. The normalized spacial score (nSPS) is 11.5. The van der Waals surface area contributed by atoms with E-state index in [2.05, 4.69) is 183 Å². The molecule has 0 saturated carbocycles. The van der Waals surface area contributed by atoms with Crippen molar-refractivity contribution in [2.24, 2.45) is 0 Å². The molecule has 250 valence electrons. The lowest BCUT2D eigenvalue weighted by Crippen LogP contribution is -2.12. The quantitative estimate of drug-likeness (QED) is 0.165. The van der Waals surface area contributed by atoms with E-state index in [1.165, 1.54) is 43.8 Å². The average molecular weight is 671 g/mol. The van der Waals surface area contributed by atoms with Crippen molar-refractivity contribution in [1.29, 1.82) is 0 Å². The minimum absolute atomic E-state index is 0.891. The lowest BCUT2D eigenvalue weighted by atomic mass is 10.0. The number of benzene rings is 7. The van der Waals surface area contributed by atoms with Gasteiger partial charge in [0.2, 0.25) is 0 Å². The lowest BCUT2D eigenvalue weighted by molar-refractivity contribution is 1.20. The van der Waals surface area contributed by atoms with E-state index in [1.807, 2.05) is 12.1 Å². The summed E-state index contributed by atoms with van der Waals surface area (Å²) < 4.78 is 0. The molecule has 0 amide bonds. The minimum Gasteiger partial charge on any atom is -0.295 e. The van der Waals surface area contributed by atoms with Gasteiger partial charge in [-0.2, -0.15) is 0 Å². The molecule has 0 saturated heterocycles. The predicted octanol–water partition coefficient (Wildman–Crippen LogP) is 13.3. The van der Waals surface area contributed by atoms with Crippen molar-refractivity contribution >= 4 is 77.7 Å². The smallest absolute Gasteiger partial charge is 0.138 e. The van der Waals surface area contributed by atoms with Crippen LogP contribution >= 0.6 is 0 Å². The van der Waals surface area contributed by atoms with Crippen LogP contribution in [-0.4, -0.2) is 9.97 Å². The number of aromatic nitrogens is 2. The number of hydrogen-bond donors (Lipinski definition) is 0. The van der Waals surface area contributed by atoms with Crippen LogP contribution in [0.15, 0.2) is 158 Å². The van der Waals surface area contributed by atoms with Crippen LogP contribution in [0.3, 0.4) is 0 Å². The Morgan fingerprint density at radius 1 is 0.308 bits per heavy atom. The van der Waals surface area contributed by atoms with Gasteiger partial charge in [0.1, 0.15) is 11.6 Å². The Morgan fingerprint density at radius 2 is 0.692 bits per heavy atom. The molecule has 2 heterocycles. The molecule has 2 aromatic heterocycles. The summed E-state index contributed by atoms with van der Waals surface area (Å²) in [6, 6.07) is 56.6. The Kier molecular flexibility index (Phi) is 7.66. The summed E-state index contributed by atoms with van der Waals surface area (Å²) >= 11 is 0. The second-order valence-corrected chi connectivity index (χ2v) is 14.0. The number of anilines is 6. The third-order valence-electron chi connectivity index (χ3n) is 9.83. The van der Waals surface area contributed by atoms with E-state index in [9.17, 15) is 0 Å². The van der Waals surface area contributed by atoms with Crippen LogP contribution in [0.4, 0.5) is 34.4 Å². The molecule has 0 radical (unpaired) electrons. The molecule has 0 aliphatic heterocycles. The number of fused-ring (bicyclic) bond motifs is 4. The fourth-order valence-corrected chi connectivity index (χ4v) is 7.60. The Labute approximate surface area is 304 Å². The fraction of sp³-hybridized carbons (Fsp3) is 0.0833. The van der Waals surface area contributed by atoms with Gasteiger partial charge in [-0.05, 0) is 169 Å². The van der Waals surface area contributed by atoms with Gasteiger partial charge in [-0.15, -0.1) is 0 Å². The molecule has 0 fully saturated rings. The first-order chi connectivity index (χ1) is 25.3. The van der Waals surface area contributed by atoms with E-state index in [4.69, 9.17) is 9.97 Å². The molecule has 0 bridgehead atoms. The first-order valence-electron chi connectivity index (χ1n) is 17.8. The summed E-state index contributed by atoms with van der Waals surface area (Å²) in [6.07, 6.45) is 0. The molecule has 7 aromatic carbocycles. The van der Waals surface area contributed by atoms with Crippen LogP contribution < -0.4 is 9.80 Å². The van der Waals surface area contributed by atoms with Gasteiger partial charge in [0, 0.05) is 33.5 Å². The van der Waals surface area contributed by atoms with Gasteiger partial charge < -0.3 is 0 Å². The van der Waals surface area contributed by atoms with Gasteiger partial charge >= 0.3 is 0 Å². The SMILES string of the molecule is Cc1cc(C)cc(N(c2ccc3cc4cc(N(c5cc(C)cc(C)c5)c5ccc6ccccc6n5)ccc4cc3c2)c2ccc3ccccc3n2)c1. The summed E-state index contributed by atoms with van der Waals surface area (Å²) in [7, 11) is 0. The Bertz CT molecular complexity index is 2580. The highest BCUT2D eigenvalue weighted by Crippen LogP contribution is 2.40. The maximum absolute atomic E-state index is 5.14. The molecule has 9 rings (SSSR count). The van der Waals surface area contributed by atoms with Crippen LogP contribution in [-0.2, 0) is 0 Å². The van der Waals surface area contributed by atoms with E-state index in [1.54, 1.807) is 0 Å². The van der Waals surface area contributed by atoms with Crippen molar-refractivity contribution in [2.45, 2.75) is 27.7 Å². The molecule has 0 spiro atoms. The highest BCUT2D eigenvalue weighted by Gasteiger charge is 2.18. The number of pyridine rings is 2. The molecule has 4 nitrogen and oxygen atoms in total. The average Bonchev–Trinajstić information content (AvgIpc) is 3.13. The molecule has 0 aliphatic carbocycles. The molecule has 4 heteroatoms. The number of hydrogen-bond acceptors (Lipinski definition) is 4. The standard InChI is InChI=1S/C48H38N4/c1-31-21-32(2)24-43(23-31)51(47-19-15-35-9-5-7-11-45(35)49-47)41-17-13-37-28-40-30-42(18-14-38(40)27-39(37)29-41)52(44-25-33(3)22-34(4)26-44)48-20-16-36-10-6-8-12-46(36)50-48/h5-30H,1-4H3. The van der Waals surface area contributed by atoms with Crippen molar-refractivity contribution in [3.63, 3.8) is 0 Å². The summed E-state index contributed by atoms with van der Waals surface area (Å²) in [5.41, 5.74) is 11.2. The van der Waals surface area contributed by atoms with Crippen LogP contribution in [0, 0.1) is 27.7 Å². The highest BCUT2D eigenvalue weighted by molar-refractivity contribution is 6.02. The number of para-hydroxylation sites is 2. The monoisotopic (exact) mass is 670 g/mol. The number of aryl methyl sites for hydroxylation is 4. The maximum Gasteiger partial charge on any atom is 0.138 e. The zero-order valence-electron chi connectivity index (χ0n) is 29.8. The molecule has 0 aliphatic rings. The van der Waals surface area contributed by atoms with Gasteiger partial charge in [0.25, 0.3) is 0 Å². The topological polar surface area (TPSA) is 32.3 Å².